The summed E-state index contributed by atoms with van der Waals surface area (Å²) in [6, 6.07) is 9.95. The van der Waals surface area contributed by atoms with E-state index in [0.717, 1.165) is 5.56 Å². The lowest BCUT2D eigenvalue weighted by Crippen LogP contribution is -2.57. The minimum absolute atomic E-state index is 0.0600. The summed E-state index contributed by atoms with van der Waals surface area (Å²) in [5.74, 6) is -0.344. The first-order valence-electron chi connectivity index (χ1n) is 10.4. The van der Waals surface area contributed by atoms with Gasteiger partial charge in [-0.3, -0.25) is 0 Å². The molecular formula is C22H38O6Si. The molecule has 1 aromatic rings. The number of hydrogen-bond acceptors (Lipinski definition) is 6. The second-order valence-corrected chi connectivity index (χ2v) is 14.2. The number of aliphatic hydroxyl groups is 2. The van der Waals surface area contributed by atoms with Gasteiger partial charge in [0.25, 0.3) is 0 Å². The topological polar surface area (TPSA) is 77.4 Å². The van der Waals surface area contributed by atoms with Crippen molar-refractivity contribution in [2.24, 2.45) is 5.92 Å². The quantitative estimate of drug-likeness (QED) is 0.466. The second kappa shape index (κ2) is 10.5. The van der Waals surface area contributed by atoms with E-state index in [2.05, 4.69) is 33.9 Å². The largest absolute Gasteiger partial charge is 0.414 e. The normalized spacial score (nSPS) is 28.5. The Morgan fingerprint density at radius 3 is 2.31 bits per heavy atom. The third-order valence-electron chi connectivity index (χ3n) is 6.04. The molecule has 5 unspecified atom stereocenters. The van der Waals surface area contributed by atoms with Gasteiger partial charge in [-0.05, 0) is 23.7 Å². The van der Waals surface area contributed by atoms with E-state index < -0.39 is 32.9 Å². The highest BCUT2D eigenvalue weighted by Gasteiger charge is 2.44. The first-order chi connectivity index (χ1) is 13.5. The summed E-state index contributed by atoms with van der Waals surface area (Å²) in [5, 5.41) is 20.9. The van der Waals surface area contributed by atoms with Crippen LogP contribution >= 0.6 is 0 Å². The lowest BCUT2D eigenvalue weighted by atomic mass is 9.92. The van der Waals surface area contributed by atoms with Crippen molar-refractivity contribution in [1.82, 2.24) is 0 Å². The zero-order valence-corrected chi connectivity index (χ0v) is 19.6. The van der Waals surface area contributed by atoms with Gasteiger partial charge >= 0.3 is 0 Å². The SMILES string of the molecule is CC1C(OCCOCc2ccccc2)OC(CO[Si](C)(C)C(C)(C)C)C(O)C1O. The first kappa shape index (κ1) is 24.5. The summed E-state index contributed by atoms with van der Waals surface area (Å²) in [7, 11) is -1.98. The van der Waals surface area contributed by atoms with Crippen LogP contribution in [0.25, 0.3) is 0 Å². The van der Waals surface area contributed by atoms with Crippen molar-refractivity contribution in [3.05, 3.63) is 35.9 Å². The van der Waals surface area contributed by atoms with E-state index in [9.17, 15) is 10.2 Å². The lowest BCUT2D eigenvalue weighted by Gasteiger charge is -2.43. The lowest BCUT2D eigenvalue weighted by molar-refractivity contribution is -0.283. The van der Waals surface area contributed by atoms with Gasteiger partial charge in [-0.25, -0.2) is 0 Å². The fraction of sp³-hybridized carbons (Fsp3) is 0.727. The van der Waals surface area contributed by atoms with E-state index in [0.29, 0.717) is 19.8 Å². The van der Waals surface area contributed by atoms with E-state index >= 15 is 0 Å². The molecule has 0 amide bonds. The van der Waals surface area contributed by atoms with E-state index in [4.69, 9.17) is 18.6 Å². The van der Waals surface area contributed by atoms with E-state index in [1.54, 1.807) is 0 Å². The molecule has 6 nitrogen and oxygen atoms in total. The zero-order chi connectivity index (χ0) is 21.7. The highest BCUT2D eigenvalue weighted by molar-refractivity contribution is 6.74. The number of ether oxygens (including phenoxy) is 3. The molecule has 0 radical (unpaired) electrons. The Bertz CT molecular complexity index is 603. The molecule has 0 aromatic heterocycles. The highest BCUT2D eigenvalue weighted by Crippen LogP contribution is 2.37. The molecule has 1 aliphatic rings. The van der Waals surface area contributed by atoms with Crippen molar-refractivity contribution in [3.8, 4) is 0 Å². The van der Waals surface area contributed by atoms with Gasteiger partial charge in [0, 0.05) is 5.92 Å². The standard InChI is InChI=1S/C22H38O6Si/c1-16-19(23)20(24)18(15-27-29(5,6)22(2,3)4)28-21(16)26-13-12-25-14-17-10-8-7-9-11-17/h7-11,16,18-21,23-24H,12-15H2,1-6H3. The molecule has 0 saturated carbocycles. The van der Waals surface area contributed by atoms with Crippen LogP contribution in [0.2, 0.25) is 18.1 Å². The minimum atomic E-state index is -1.98. The van der Waals surface area contributed by atoms with Crippen LogP contribution in [0.15, 0.2) is 30.3 Å². The second-order valence-electron chi connectivity index (χ2n) is 9.36. The Kier molecular flexibility index (Phi) is 8.84. The molecule has 29 heavy (non-hydrogen) atoms. The molecule has 2 N–H and O–H groups in total. The van der Waals surface area contributed by atoms with Crippen LogP contribution < -0.4 is 0 Å². The monoisotopic (exact) mass is 426 g/mol. The molecule has 166 valence electrons. The van der Waals surface area contributed by atoms with Gasteiger partial charge in [0.15, 0.2) is 14.6 Å². The number of rotatable bonds is 9. The average molecular weight is 427 g/mol. The summed E-state index contributed by atoms with van der Waals surface area (Å²) < 4.78 is 23.6. The maximum Gasteiger partial charge on any atom is 0.192 e. The average Bonchev–Trinajstić information content (AvgIpc) is 2.66. The summed E-state index contributed by atoms with van der Waals surface area (Å²) >= 11 is 0. The predicted octanol–water partition coefficient (Wildman–Crippen LogP) is 3.32. The van der Waals surface area contributed by atoms with E-state index in [1.807, 2.05) is 37.3 Å². The van der Waals surface area contributed by atoms with Crippen molar-refractivity contribution in [2.75, 3.05) is 19.8 Å². The number of hydrogen-bond donors (Lipinski definition) is 2. The van der Waals surface area contributed by atoms with Crippen molar-refractivity contribution < 1.29 is 28.8 Å². The fourth-order valence-corrected chi connectivity index (χ4v) is 3.91. The van der Waals surface area contributed by atoms with Gasteiger partial charge in [0.1, 0.15) is 12.2 Å². The van der Waals surface area contributed by atoms with Crippen LogP contribution in [-0.2, 0) is 25.2 Å². The molecule has 2 rings (SSSR count). The third kappa shape index (κ3) is 6.85. The van der Waals surface area contributed by atoms with Crippen molar-refractivity contribution in [1.29, 1.82) is 0 Å². The summed E-state index contributed by atoms with van der Waals surface area (Å²) in [6.07, 6.45) is -3.15. The molecule has 1 fully saturated rings. The van der Waals surface area contributed by atoms with Crippen LogP contribution in [0.3, 0.4) is 0 Å². The maximum absolute atomic E-state index is 10.4. The van der Waals surface area contributed by atoms with Crippen LogP contribution in [0.1, 0.15) is 33.3 Å². The maximum atomic E-state index is 10.4. The van der Waals surface area contributed by atoms with Crippen LogP contribution in [0.4, 0.5) is 0 Å². The summed E-state index contributed by atoms with van der Waals surface area (Å²) in [5.41, 5.74) is 1.11. The zero-order valence-electron chi connectivity index (χ0n) is 18.6. The van der Waals surface area contributed by atoms with Gasteiger partial charge in [-0.1, -0.05) is 58.0 Å². The number of benzene rings is 1. The molecule has 7 heteroatoms. The highest BCUT2D eigenvalue weighted by atomic mass is 28.4. The Labute approximate surface area is 176 Å². The number of aliphatic hydroxyl groups excluding tert-OH is 2. The van der Waals surface area contributed by atoms with E-state index in [1.165, 1.54) is 0 Å². The Hall–Kier alpha value is -0.803. The minimum Gasteiger partial charge on any atom is -0.414 e. The summed E-state index contributed by atoms with van der Waals surface area (Å²) in [6.45, 7) is 14.1. The molecule has 0 aliphatic carbocycles. The molecule has 0 spiro atoms. The van der Waals surface area contributed by atoms with Crippen molar-refractivity contribution in [2.45, 2.75) is 77.0 Å². The van der Waals surface area contributed by atoms with Gasteiger partial charge in [-0.15, -0.1) is 0 Å². The molecule has 1 aliphatic heterocycles. The molecule has 5 atom stereocenters. The molecule has 1 saturated heterocycles. The smallest absolute Gasteiger partial charge is 0.192 e. The van der Waals surface area contributed by atoms with Gasteiger partial charge < -0.3 is 28.8 Å². The van der Waals surface area contributed by atoms with Gasteiger partial charge in [0.05, 0.1) is 32.5 Å². The van der Waals surface area contributed by atoms with E-state index in [-0.39, 0.29) is 17.6 Å². The van der Waals surface area contributed by atoms with Gasteiger partial charge in [0.2, 0.25) is 0 Å². The van der Waals surface area contributed by atoms with Crippen LogP contribution in [0, 0.1) is 5.92 Å². The van der Waals surface area contributed by atoms with Crippen LogP contribution in [0.5, 0.6) is 0 Å². The van der Waals surface area contributed by atoms with Crippen molar-refractivity contribution >= 4 is 8.32 Å². The molecule has 1 aromatic carbocycles. The Balaban J connectivity index is 1.81. The Morgan fingerprint density at radius 1 is 1.03 bits per heavy atom. The molecular weight excluding hydrogens is 388 g/mol. The predicted molar refractivity (Wildman–Crippen MR) is 115 cm³/mol. The molecule has 1 heterocycles. The van der Waals surface area contributed by atoms with Crippen molar-refractivity contribution in [3.63, 3.8) is 0 Å². The first-order valence-corrected chi connectivity index (χ1v) is 13.3. The summed E-state index contributed by atoms with van der Waals surface area (Å²) in [4.78, 5) is 0. The van der Waals surface area contributed by atoms with Gasteiger partial charge in [-0.2, -0.15) is 0 Å². The molecule has 0 bridgehead atoms. The Morgan fingerprint density at radius 2 is 1.69 bits per heavy atom. The van der Waals surface area contributed by atoms with Crippen LogP contribution in [-0.4, -0.2) is 63.0 Å². The fourth-order valence-electron chi connectivity index (χ4n) is 2.89. The third-order valence-corrected chi connectivity index (χ3v) is 10.5.